The normalized spacial score (nSPS) is 21.2. The molecule has 3 rings (SSSR count). The monoisotopic (exact) mass is 322 g/mol. The highest BCUT2D eigenvalue weighted by molar-refractivity contribution is 5.96. The minimum absolute atomic E-state index is 0. The summed E-state index contributed by atoms with van der Waals surface area (Å²) in [4.78, 5) is 14.5. The van der Waals surface area contributed by atoms with Crippen molar-refractivity contribution >= 4 is 29.3 Å². The summed E-state index contributed by atoms with van der Waals surface area (Å²) in [6.07, 6.45) is 0.973. The first-order chi connectivity index (χ1) is 9.99. The lowest BCUT2D eigenvalue weighted by molar-refractivity contribution is 0.0713. The first-order valence-electron chi connectivity index (χ1n) is 7.51. The molecule has 1 aromatic carbocycles. The van der Waals surface area contributed by atoms with E-state index >= 15 is 0 Å². The van der Waals surface area contributed by atoms with Gasteiger partial charge in [0.05, 0.1) is 0 Å². The summed E-state index contributed by atoms with van der Waals surface area (Å²) in [7, 11) is 0. The fourth-order valence-electron chi connectivity index (χ4n) is 3.15. The number of nitrogens with zero attached hydrogens (tertiary/aromatic N) is 1. The van der Waals surface area contributed by atoms with Crippen LogP contribution in [0.3, 0.4) is 0 Å². The second kappa shape index (κ2) is 6.31. The van der Waals surface area contributed by atoms with E-state index in [2.05, 4.69) is 19.9 Å². The highest BCUT2D eigenvalue weighted by atomic mass is 35.5. The number of amides is 1. The number of nitrogens with two attached hydrogens (primary N) is 1. The Kier molecular flexibility index (Phi) is 4.83. The van der Waals surface area contributed by atoms with Crippen LogP contribution in [0.1, 0.15) is 35.0 Å². The largest absolute Gasteiger partial charge is 0.451 e. The van der Waals surface area contributed by atoms with Crippen LogP contribution in [0.2, 0.25) is 0 Å². The molecule has 0 spiro atoms. The average molecular weight is 323 g/mol. The van der Waals surface area contributed by atoms with E-state index in [1.807, 2.05) is 24.0 Å². The summed E-state index contributed by atoms with van der Waals surface area (Å²) in [5, 5.41) is 0.990. The molecule has 2 unspecified atom stereocenters. The van der Waals surface area contributed by atoms with Crippen molar-refractivity contribution < 1.29 is 9.21 Å². The van der Waals surface area contributed by atoms with Gasteiger partial charge < -0.3 is 15.1 Å². The molecule has 5 heteroatoms. The van der Waals surface area contributed by atoms with Gasteiger partial charge in [0.2, 0.25) is 0 Å². The van der Waals surface area contributed by atoms with Crippen LogP contribution in [0, 0.1) is 19.8 Å². The third-order valence-electron chi connectivity index (χ3n) is 4.60. The van der Waals surface area contributed by atoms with Crippen molar-refractivity contribution in [3.8, 4) is 0 Å². The zero-order valence-electron chi connectivity index (χ0n) is 13.3. The van der Waals surface area contributed by atoms with Crippen LogP contribution < -0.4 is 5.73 Å². The molecular weight excluding hydrogens is 300 g/mol. The molecule has 2 N–H and O–H groups in total. The van der Waals surface area contributed by atoms with Crippen molar-refractivity contribution in [1.29, 1.82) is 0 Å². The molecule has 120 valence electrons. The van der Waals surface area contributed by atoms with E-state index in [1.165, 1.54) is 11.1 Å². The van der Waals surface area contributed by atoms with Crippen molar-refractivity contribution in [2.45, 2.75) is 33.2 Å². The maximum atomic E-state index is 12.6. The molecule has 0 saturated carbocycles. The third-order valence-corrected chi connectivity index (χ3v) is 4.60. The molecule has 1 amide bonds. The van der Waals surface area contributed by atoms with Crippen LogP contribution in [0.4, 0.5) is 0 Å². The number of likely N-dealkylation sites (tertiary alicyclic amines) is 1. The van der Waals surface area contributed by atoms with Crippen molar-refractivity contribution in [3.05, 3.63) is 35.1 Å². The van der Waals surface area contributed by atoms with Crippen LogP contribution in [0.5, 0.6) is 0 Å². The molecule has 2 atom stereocenters. The van der Waals surface area contributed by atoms with Gasteiger partial charge in [0.1, 0.15) is 5.58 Å². The zero-order chi connectivity index (χ0) is 15.1. The summed E-state index contributed by atoms with van der Waals surface area (Å²) >= 11 is 0. The first kappa shape index (κ1) is 16.8. The second-order valence-corrected chi connectivity index (χ2v) is 6.23. The minimum atomic E-state index is -0.0232. The Morgan fingerprint density at radius 2 is 2.00 bits per heavy atom. The second-order valence-electron chi connectivity index (χ2n) is 6.23. The minimum Gasteiger partial charge on any atom is -0.451 e. The molecule has 0 radical (unpaired) electrons. The predicted octanol–water partition coefficient (Wildman–Crippen LogP) is 3.28. The number of carbonyl (C=O) groups is 1. The number of benzene rings is 1. The van der Waals surface area contributed by atoms with E-state index < -0.39 is 0 Å². The van der Waals surface area contributed by atoms with E-state index in [-0.39, 0.29) is 24.4 Å². The van der Waals surface area contributed by atoms with E-state index in [1.54, 1.807) is 0 Å². The Labute approximate surface area is 137 Å². The van der Waals surface area contributed by atoms with E-state index in [0.29, 0.717) is 18.2 Å². The lowest BCUT2D eigenvalue weighted by atomic mass is 10.1. The smallest absolute Gasteiger partial charge is 0.289 e. The van der Waals surface area contributed by atoms with Gasteiger partial charge in [-0.05, 0) is 69.0 Å². The number of hydrogen-bond acceptors (Lipinski definition) is 3. The number of hydrogen-bond donors (Lipinski definition) is 1. The molecule has 2 aromatic rings. The number of carbonyl (C=O) groups excluding carboxylic acids is 1. The standard InChI is InChI=1S/C17H22N2O2.ClH/c1-10-4-14-7-16(21-15(14)5-11(10)2)17(20)19-9-13(8-18)6-12(19)3;/h4-5,7,12-13H,6,8-9,18H2,1-3H3;1H. The fraction of sp³-hybridized carbons (Fsp3) is 0.471. The third kappa shape index (κ3) is 2.85. The van der Waals surface area contributed by atoms with E-state index in [0.717, 1.165) is 23.9 Å². The average Bonchev–Trinajstić information content (AvgIpc) is 3.02. The molecule has 1 aliphatic heterocycles. The summed E-state index contributed by atoms with van der Waals surface area (Å²) in [5.74, 6) is 0.808. The van der Waals surface area contributed by atoms with Gasteiger partial charge in [-0.2, -0.15) is 0 Å². The van der Waals surface area contributed by atoms with E-state index in [4.69, 9.17) is 10.2 Å². The highest BCUT2D eigenvalue weighted by Crippen LogP contribution is 2.28. The molecule has 1 aromatic heterocycles. The van der Waals surface area contributed by atoms with Crippen molar-refractivity contribution in [2.75, 3.05) is 13.1 Å². The number of furan rings is 1. The van der Waals surface area contributed by atoms with Crippen LogP contribution in [0.25, 0.3) is 11.0 Å². The lowest BCUT2D eigenvalue weighted by Gasteiger charge is -2.19. The van der Waals surface area contributed by atoms with E-state index in [9.17, 15) is 4.79 Å². The van der Waals surface area contributed by atoms with Crippen molar-refractivity contribution in [1.82, 2.24) is 4.90 Å². The summed E-state index contributed by atoms with van der Waals surface area (Å²) in [5.41, 5.74) is 8.89. The lowest BCUT2D eigenvalue weighted by Crippen LogP contribution is -2.34. The van der Waals surface area contributed by atoms with Gasteiger partial charge in [-0.15, -0.1) is 12.4 Å². The molecule has 1 fully saturated rings. The van der Waals surface area contributed by atoms with Gasteiger partial charge in [0.25, 0.3) is 5.91 Å². The van der Waals surface area contributed by atoms with Gasteiger partial charge in [-0.3, -0.25) is 4.79 Å². The molecule has 22 heavy (non-hydrogen) atoms. The van der Waals surface area contributed by atoms with Gasteiger partial charge in [-0.25, -0.2) is 0 Å². The predicted molar refractivity (Wildman–Crippen MR) is 90.6 cm³/mol. The fourth-order valence-corrected chi connectivity index (χ4v) is 3.15. The topological polar surface area (TPSA) is 59.5 Å². The molecule has 0 aliphatic carbocycles. The van der Waals surface area contributed by atoms with Crippen LogP contribution in [-0.2, 0) is 0 Å². The molecule has 1 aliphatic rings. The van der Waals surface area contributed by atoms with Crippen LogP contribution in [0.15, 0.2) is 22.6 Å². The summed E-state index contributed by atoms with van der Waals surface area (Å²) in [6.45, 7) is 7.55. The number of fused-ring (bicyclic) bond motifs is 1. The summed E-state index contributed by atoms with van der Waals surface area (Å²) < 4.78 is 5.77. The number of rotatable bonds is 2. The Balaban J connectivity index is 0.00000176. The van der Waals surface area contributed by atoms with Crippen molar-refractivity contribution in [3.63, 3.8) is 0 Å². The SMILES string of the molecule is Cc1cc2cc(C(=O)N3CC(CN)CC3C)oc2cc1C.Cl. The molecule has 2 heterocycles. The molecule has 0 bridgehead atoms. The number of aryl methyl sites for hydroxylation is 2. The quantitative estimate of drug-likeness (QED) is 0.923. The maximum Gasteiger partial charge on any atom is 0.289 e. The Morgan fingerprint density at radius 1 is 1.32 bits per heavy atom. The Morgan fingerprint density at radius 3 is 2.64 bits per heavy atom. The van der Waals surface area contributed by atoms with Crippen LogP contribution in [-0.4, -0.2) is 29.9 Å². The Hall–Kier alpha value is -1.52. The zero-order valence-corrected chi connectivity index (χ0v) is 14.1. The van der Waals surface area contributed by atoms with Crippen molar-refractivity contribution in [2.24, 2.45) is 11.7 Å². The van der Waals surface area contributed by atoms with Gasteiger partial charge >= 0.3 is 0 Å². The number of halogens is 1. The maximum absolute atomic E-state index is 12.6. The molecular formula is C17H23ClN2O2. The Bertz CT molecular complexity index is 656. The first-order valence-corrected chi connectivity index (χ1v) is 7.51. The molecule has 1 saturated heterocycles. The van der Waals surface area contributed by atoms with Gasteiger partial charge in [0.15, 0.2) is 5.76 Å². The summed E-state index contributed by atoms with van der Waals surface area (Å²) in [6, 6.07) is 6.15. The van der Waals surface area contributed by atoms with Gasteiger partial charge in [0, 0.05) is 18.0 Å². The highest BCUT2D eigenvalue weighted by Gasteiger charge is 2.33. The van der Waals surface area contributed by atoms with Gasteiger partial charge in [-0.1, -0.05) is 0 Å². The molecule has 4 nitrogen and oxygen atoms in total. The van der Waals surface area contributed by atoms with Crippen LogP contribution >= 0.6 is 12.4 Å².